The van der Waals surface area contributed by atoms with Gasteiger partial charge in [0.25, 0.3) is 11.8 Å². The maximum Gasteiger partial charge on any atom is 0.261 e. The highest BCUT2D eigenvalue weighted by atomic mass is 35.5. The molecule has 0 aliphatic carbocycles. The van der Waals surface area contributed by atoms with E-state index >= 15 is 0 Å². The first-order valence-corrected chi connectivity index (χ1v) is 8.82. The molecule has 1 atom stereocenters. The van der Waals surface area contributed by atoms with Gasteiger partial charge in [0, 0.05) is 6.54 Å². The van der Waals surface area contributed by atoms with Gasteiger partial charge in [-0.2, -0.15) is 0 Å². The normalized spacial score (nSPS) is 11.7. The van der Waals surface area contributed by atoms with Crippen LogP contribution in [0.3, 0.4) is 0 Å². The highest BCUT2D eigenvalue weighted by Gasteiger charge is 2.18. The molecule has 0 radical (unpaired) electrons. The predicted molar refractivity (Wildman–Crippen MR) is 104 cm³/mol. The summed E-state index contributed by atoms with van der Waals surface area (Å²) in [6, 6.07) is 17.0. The molecule has 1 heterocycles. The Labute approximate surface area is 162 Å². The van der Waals surface area contributed by atoms with Crippen molar-refractivity contribution in [3.8, 4) is 17.3 Å². The zero-order chi connectivity index (χ0) is 19.2. The fourth-order valence-corrected chi connectivity index (χ4v) is 2.60. The number of hydrogen-bond donors (Lipinski definition) is 1. The number of methoxy groups -OCH3 is 1. The summed E-state index contributed by atoms with van der Waals surface area (Å²) in [6.07, 6.45) is 0.911. The van der Waals surface area contributed by atoms with E-state index < -0.39 is 6.10 Å². The van der Waals surface area contributed by atoms with Crippen molar-refractivity contribution >= 4 is 17.5 Å². The van der Waals surface area contributed by atoms with Crippen molar-refractivity contribution in [2.75, 3.05) is 7.11 Å². The molecule has 140 valence electrons. The van der Waals surface area contributed by atoms with Gasteiger partial charge in [-0.25, -0.2) is 4.68 Å². The van der Waals surface area contributed by atoms with Gasteiger partial charge < -0.3 is 14.8 Å². The van der Waals surface area contributed by atoms with Gasteiger partial charge in [-0.15, -0.1) is 5.10 Å². The SMILES string of the molecule is COc1ccc(CNC(=O)[C@@H](C)Oc2nn(-c3ccccc3)cc2Cl)cc1. The Kier molecular flexibility index (Phi) is 5.98. The summed E-state index contributed by atoms with van der Waals surface area (Å²) in [6.45, 7) is 2.05. The van der Waals surface area contributed by atoms with E-state index in [-0.39, 0.29) is 11.8 Å². The van der Waals surface area contributed by atoms with Crippen LogP contribution < -0.4 is 14.8 Å². The molecule has 0 fully saturated rings. The monoisotopic (exact) mass is 385 g/mol. The molecule has 6 nitrogen and oxygen atoms in total. The van der Waals surface area contributed by atoms with Crippen molar-refractivity contribution in [3.05, 3.63) is 71.4 Å². The average molecular weight is 386 g/mol. The minimum absolute atomic E-state index is 0.215. The number of carbonyl (C=O) groups is 1. The molecule has 1 amide bonds. The summed E-state index contributed by atoms with van der Waals surface area (Å²) in [5, 5.41) is 7.48. The van der Waals surface area contributed by atoms with Crippen molar-refractivity contribution in [2.45, 2.75) is 19.6 Å². The van der Waals surface area contributed by atoms with Crippen LogP contribution in [-0.2, 0) is 11.3 Å². The van der Waals surface area contributed by atoms with Crippen LogP contribution in [0, 0.1) is 0 Å². The molecule has 1 aromatic heterocycles. The molecule has 7 heteroatoms. The molecule has 0 bridgehead atoms. The summed E-state index contributed by atoms with van der Waals surface area (Å²) >= 11 is 6.19. The highest BCUT2D eigenvalue weighted by molar-refractivity contribution is 6.31. The second-order valence-corrected chi connectivity index (χ2v) is 6.30. The largest absolute Gasteiger partial charge is 0.497 e. The molecule has 3 rings (SSSR count). The molecule has 27 heavy (non-hydrogen) atoms. The van der Waals surface area contributed by atoms with Crippen molar-refractivity contribution in [1.82, 2.24) is 15.1 Å². The maximum absolute atomic E-state index is 12.3. The molecule has 2 aromatic carbocycles. The molecule has 0 saturated carbocycles. The van der Waals surface area contributed by atoms with Crippen molar-refractivity contribution in [2.24, 2.45) is 0 Å². The number of rotatable bonds is 7. The first-order chi connectivity index (χ1) is 13.1. The Bertz CT molecular complexity index is 895. The average Bonchev–Trinajstić information content (AvgIpc) is 3.07. The lowest BCUT2D eigenvalue weighted by atomic mass is 10.2. The van der Waals surface area contributed by atoms with Crippen LogP contribution in [0.25, 0.3) is 5.69 Å². The van der Waals surface area contributed by atoms with Crippen LogP contribution in [0.15, 0.2) is 60.8 Å². The number of hydrogen-bond acceptors (Lipinski definition) is 4. The Morgan fingerprint density at radius 2 is 1.89 bits per heavy atom. The third-order valence-electron chi connectivity index (χ3n) is 3.94. The van der Waals surface area contributed by atoms with E-state index in [1.807, 2.05) is 54.6 Å². The summed E-state index contributed by atoms with van der Waals surface area (Å²) in [7, 11) is 1.61. The number of carbonyl (C=O) groups excluding carboxylic acids is 1. The van der Waals surface area contributed by atoms with Gasteiger partial charge in [-0.3, -0.25) is 4.79 Å². The van der Waals surface area contributed by atoms with Gasteiger partial charge in [-0.05, 0) is 36.8 Å². The fourth-order valence-electron chi connectivity index (χ4n) is 2.43. The molecule has 0 aliphatic heterocycles. The number of nitrogens with one attached hydrogen (secondary N) is 1. The van der Waals surface area contributed by atoms with E-state index in [4.69, 9.17) is 21.1 Å². The van der Waals surface area contributed by atoms with Crippen LogP contribution in [0.5, 0.6) is 11.6 Å². The Morgan fingerprint density at radius 3 is 2.56 bits per heavy atom. The molecular formula is C20H20ClN3O3. The fraction of sp³-hybridized carbons (Fsp3) is 0.200. The number of benzene rings is 2. The number of ether oxygens (including phenoxy) is 2. The summed E-state index contributed by atoms with van der Waals surface area (Å²) in [5.41, 5.74) is 1.81. The van der Waals surface area contributed by atoms with Gasteiger partial charge in [0.1, 0.15) is 10.8 Å². The quantitative estimate of drug-likeness (QED) is 0.674. The van der Waals surface area contributed by atoms with Gasteiger partial charge >= 0.3 is 0 Å². The van der Waals surface area contributed by atoms with E-state index in [1.165, 1.54) is 0 Å². The van der Waals surface area contributed by atoms with E-state index in [9.17, 15) is 4.79 Å². The zero-order valence-electron chi connectivity index (χ0n) is 15.1. The van der Waals surface area contributed by atoms with E-state index in [1.54, 1.807) is 24.9 Å². The second kappa shape index (κ2) is 8.60. The molecule has 0 spiro atoms. The lowest BCUT2D eigenvalue weighted by Crippen LogP contribution is -2.36. The molecule has 0 aliphatic rings. The molecule has 0 unspecified atom stereocenters. The van der Waals surface area contributed by atoms with Crippen LogP contribution in [-0.4, -0.2) is 28.9 Å². The first kappa shape index (κ1) is 18.8. The maximum atomic E-state index is 12.3. The number of aromatic nitrogens is 2. The van der Waals surface area contributed by atoms with Crippen molar-refractivity contribution < 1.29 is 14.3 Å². The number of halogens is 1. The van der Waals surface area contributed by atoms with E-state index in [0.29, 0.717) is 11.6 Å². The minimum Gasteiger partial charge on any atom is -0.497 e. The van der Waals surface area contributed by atoms with E-state index in [2.05, 4.69) is 10.4 Å². The Hall–Kier alpha value is -2.99. The number of amides is 1. The Balaban J connectivity index is 1.58. The van der Waals surface area contributed by atoms with Gasteiger partial charge in [-0.1, -0.05) is 41.9 Å². The molecule has 0 saturated heterocycles. The van der Waals surface area contributed by atoms with Crippen LogP contribution in [0.2, 0.25) is 5.02 Å². The van der Waals surface area contributed by atoms with Crippen molar-refractivity contribution in [1.29, 1.82) is 0 Å². The molecular weight excluding hydrogens is 366 g/mol. The lowest BCUT2D eigenvalue weighted by molar-refractivity contribution is -0.127. The van der Waals surface area contributed by atoms with Crippen LogP contribution in [0.1, 0.15) is 12.5 Å². The second-order valence-electron chi connectivity index (χ2n) is 5.89. The molecule has 1 N–H and O–H groups in total. The summed E-state index contributed by atoms with van der Waals surface area (Å²) < 4.78 is 12.4. The molecule has 3 aromatic rings. The zero-order valence-corrected chi connectivity index (χ0v) is 15.8. The lowest BCUT2D eigenvalue weighted by Gasteiger charge is -2.13. The highest BCUT2D eigenvalue weighted by Crippen LogP contribution is 2.25. The predicted octanol–water partition coefficient (Wildman–Crippen LogP) is 3.62. The van der Waals surface area contributed by atoms with Gasteiger partial charge in [0.05, 0.1) is 19.0 Å². The van der Waals surface area contributed by atoms with Crippen LogP contribution >= 0.6 is 11.6 Å². The third-order valence-corrected chi connectivity index (χ3v) is 4.20. The van der Waals surface area contributed by atoms with E-state index in [0.717, 1.165) is 17.0 Å². The van der Waals surface area contributed by atoms with Crippen LogP contribution in [0.4, 0.5) is 0 Å². The first-order valence-electron chi connectivity index (χ1n) is 8.44. The Morgan fingerprint density at radius 1 is 1.19 bits per heavy atom. The van der Waals surface area contributed by atoms with Gasteiger partial charge in [0.15, 0.2) is 6.10 Å². The topological polar surface area (TPSA) is 65.4 Å². The number of nitrogens with zero attached hydrogens (tertiary/aromatic N) is 2. The minimum atomic E-state index is -0.736. The standard InChI is InChI=1S/C20H20ClN3O3/c1-14(19(25)22-12-15-8-10-17(26-2)11-9-15)27-20-18(21)13-24(23-20)16-6-4-3-5-7-16/h3-11,13-14H,12H2,1-2H3,(H,22,25)/t14-/m1/s1. The third kappa shape index (κ3) is 4.80. The van der Waals surface area contributed by atoms with Gasteiger partial charge in [0.2, 0.25) is 0 Å². The van der Waals surface area contributed by atoms with Crippen molar-refractivity contribution in [3.63, 3.8) is 0 Å². The smallest absolute Gasteiger partial charge is 0.261 e. The summed E-state index contributed by atoms with van der Waals surface area (Å²) in [5.74, 6) is 0.731. The number of para-hydroxylation sites is 1. The summed E-state index contributed by atoms with van der Waals surface area (Å²) in [4.78, 5) is 12.3.